The smallest absolute Gasteiger partial charge is 0.222 e. The summed E-state index contributed by atoms with van der Waals surface area (Å²) >= 11 is 0. The summed E-state index contributed by atoms with van der Waals surface area (Å²) in [5, 5.41) is 4.08. The van der Waals surface area contributed by atoms with Crippen LogP contribution in [0.2, 0.25) is 0 Å². The molecule has 3 rings (SSSR count). The zero-order valence-electron chi connectivity index (χ0n) is 16.8. The van der Waals surface area contributed by atoms with Crippen LogP contribution in [0.25, 0.3) is 0 Å². The van der Waals surface area contributed by atoms with E-state index in [9.17, 15) is 9.18 Å². The molecule has 1 fully saturated rings. The molecule has 1 amide bonds. The minimum Gasteiger partial charge on any atom is -0.341 e. The summed E-state index contributed by atoms with van der Waals surface area (Å²) in [6, 6.07) is 7.03. The van der Waals surface area contributed by atoms with Crippen molar-refractivity contribution in [1.29, 1.82) is 0 Å². The molecule has 1 aliphatic rings. The Bertz CT molecular complexity index is 732. The van der Waals surface area contributed by atoms with E-state index in [1.54, 1.807) is 11.0 Å². The van der Waals surface area contributed by atoms with Gasteiger partial charge in [-0.25, -0.2) is 9.37 Å². The van der Waals surface area contributed by atoms with Gasteiger partial charge in [0, 0.05) is 45.2 Å². The number of amides is 1. The molecule has 152 valence electrons. The highest BCUT2D eigenvalue weighted by atomic mass is 19.1. The molecule has 2 aromatic rings. The first-order valence-electron chi connectivity index (χ1n) is 10.1. The van der Waals surface area contributed by atoms with Gasteiger partial charge in [0.2, 0.25) is 5.91 Å². The van der Waals surface area contributed by atoms with Crippen molar-refractivity contribution in [2.24, 2.45) is 5.92 Å². The summed E-state index contributed by atoms with van der Waals surface area (Å²) in [4.78, 5) is 21.2. The van der Waals surface area contributed by atoms with Gasteiger partial charge < -0.3 is 4.90 Å². The molecule has 0 bridgehead atoms. The van der Waals surface area contributed by atoms with Gasteiger partial charge in [0.1, 0.15) is 18.5 Å². The number of hydrogen-bond donors (Lipinski definition) is 0. The van der Waals surface area contributed by atoms with Crippen LogP contribution in [0, 0.1) is 11.7 Å². The summed E-state index contributed by atoms with van der Waals surface area (Å²) in [5.74, 6) is 0.445. The molecule has 2 heterocycles. The lowest BCUT2D eigenvalue weighted by atomic mass is 10.0. The van der Waals surface area contributed by atoms with E-state index in [2.05, 4.69) is 28.8 Å². The van der Waals surface area contributed by atoms with Crippen molar-refractivity contribution in [3.05, 3.63) is 48.3 Å². The number of nitrogens with zero attached hydrogens (tertiary/aromatic N) is 5. The Kier molecular flexibility index (Phi) is 7.14. The first-order chi connectivity index (χ1) is 13.5. The molecular weight excluding hydrogens is 357 g/mol. The lowest BCUT2D eigenvalue weighted by molar-refractivity contribution is -0.131. The Morgan fingerprint density at radius 1 is 1.25 bits per heavy atom. The Morgan fingerprint density at radius 2 is 2.04 bits per heavy atom. The van der Waals surface area contributed by atoms with Gasteiger partial charge in [-0.15, -0.1) is 0 Å². The van der Waals surface area contributed by atoms with Gasteiger partial charge in [-0.1, -0.05) is 26.0 Å². The van der Waals surface area contributed by atoms with Crippen LogP contribution in [-0.4, -0.2) is 56.1 Å². The predicted molar refractivity (Wildman–Crippen MR) is 106 cm³/mol. The van der Waals surface area contributed by atoms with Gasteiger partial charge in [-0.2, -0.15) is 5.10 Å². The number of carbonyl (C=O) groups is 1. The van der Waals surface area contributed by atoms with Crippen LogP contribution in [0.4, 0.5) is 4.39 Å². The van der Waals surface area contributed by atoms with Crippen molar-refractivity contribution in [2.45, 2.75) is 52.2 Å². The lowest BCUT2D eigenvalue weighted by Crippen LogP contribution is -2.45. The van der Waals surface area contributed by atoms with Crippen LogP contribution in [0.1, 0.15) is 38.7 Å². The Morgan fingerprint density at radius 3 is 2.71 bits per heavy atom. The molecule has 0 N–H and O–H groups in total. The molecule has 28 heavy (non-hydrogen) atoms. The van der Waals surface area contributed by atoms with E-state index in [4.69, 9.17) is 0 Å². The van der Waals surface area contributed by atoms with Crippen LogP contribution < -0.4 is 0 Å². The van der Waals surface area contributed by atoms with Gasteiger partial charge >= 0.3 is 0 Å². The second-order valence-corrected chi connectivity index (χ2v) is 7.86. The second-order valence-electron chi connectivity index (χ2n) is 7.86. The first kappa shape index (κ1) is 20.5. The Labute approximate surface area is 166 Å². The van der Waals surface area contributed by atoms with Crippen LogP contribution in [0.15, 0.2) is 36.9 Å². The van der Waals surface area contributed by atoms with Gasteiger partial charge in [-0.05, 0) is 36.5 Å². The van der Waals surface area contributed by atoms with E-state index in [0.717, 1.165) is 44.6 Å². The summed E-state index contributed by atoms with van der Waals surface area (Å²) in [6.45, 7) is 8.42. The fourth-order valence-corrected chi connectivity index (χ4v) is 3.84. The third kappa shape index (κ3) is 5.61. The summed E-state index contributed by atoms with van der Waals surface area (Å²) < 4.78 is 15.0. The topological polar surface area (TPSA) is 54.3 Å². The molecule has 1 aromatic heterocycles. The molecule has 1 aliphatic heterocycles. The van der Waals surface area contributed by atoms with E-state index < -0.39 is 0 Å². The monoisotopic (exact) mass is 387 g/mol. The third-order valence-corrected chi connectivity index (χ3v) is 5.42. The van der Waals surface area contributed by atoms with Gasteiger partial charge in [0.15, 0.2) is 0 Å². The van der Waals surface area contributed by atoms with Crippen LogP contribution in [0.5, 0.6) is 0 Å². The lowest BCUT2D eigenvalue weighted by Gasteiger charge is -2.34. The number of rotatable bonds is 7. The highest BCUT2D eigenvalue weighted by molar-refractivity contribution is 5.76. The number of hydrogen-bond acceptors (Lipinski definition) is 4. The Balaban J connectivity index is 1.58. The van der Waals surface area contributed by atoms with E-state index >= 15 is 0 Å². The number of aromatic nitrogens is 3. The molecule has 0 spiro atoms. The average molecular weight is 388 g/mol. The van der Waals surface area contributed by atoms with Gasteiger partial charge in [0.25, 0.3) is 0 Å². The van der Waals surface area contributed by atoms with Crippen molar-refractivity contribution < 1.29 is 9.18 Å². The van der Waals surface area contributed by atoms with Crippen molar-refractivity contribution >= 4 is 5.91 Å². The molecule has 1 atom stereocenters. The molecular formula is C21H30FN5O. The maximum Gasteiger partial charge on any atom is 0.222 e. The van der Waals surface area contributed by atoms with E-state index in [-0.39, 0.29) is 11.7 Å². The molecule has 0 saturated carbocycles. The maximum absolute atomic E-state index is 13.2. The van der Waals surface area contributed by atoms with Crippen LogP contribution in [-0.2, 0) is 17.9 Å². The predicted octanol–water partition coefficient (Wildman–Crippen LogP) is 2.96. The molecule has 6 nitrogen and oxygen atoms in total. The van der Waals surface area contributed by atoms with Crippen LogP contribution in [0.3, 0.4) is 0 Å². The quantitative estimate of drug-likeness (QED) is 0.733. The van der Waals surface area contributed by atoms with Gasteiger partial charge in [-0.3, -0.25) is 14.4 Å². The van der Waals surface area contributed by atoms with Crippen molar-refractivity contribution in [3.63, 3.8) is 0 Å². The molecule has 7 heteroatoms. The minimum absolute atomic E-state index is 0.206. The minimum atomic E-state index is -0.206. The second kappa shape index (κ2) is 9.78. The summed E-state index contributed by atoms with van der Waals surface area (Å²) in [5.41, 5.74) is 1.11. The number of halogens is 1. The SMILES string of the molecule is CC(C)C1CN(C(=O)CCCn2cncn2)CCCN1Cc1ccc(F)cc1. The third-order valence-electron chi connectivity index (χ3n) is 5.42. The van der Waals surface area contributed by atoms with Gasteiger partial charge in [0.05, 0.1) is 0 Å². The highest BCUT2D eigenvalue weighted by Gasteiger charge is 2.29. The molecule has 1 saturated heterocycles. The van der Waals surface area contributed by atoms with Crippen molar-refractivity contribution in [1.82, 2.24) is 24.6 Å². The standard InChI is InChI=1S/C21H30FN5O/c1-17(2)20-14-26(21(28)5-3-12-27-16-23-15-24-27)11-4-10-25(20)13-18-6-8-19(22)9-7-18/h6-9,15-17,20H,3-5,10-14H2,1-2H3. The fraction of sp³-hybridized carbons (Fsp3) is 0.571. The van der Waals surface area contributed by atoms with E-state index in [1.807, 2.05) is 17.0 Å². The molecule has 0 aliphatic carbocycles. The maximum atomic E-state index is 13.2. The normalized spacial score (nSPS) is 18.4. The van der Waals surface area contributed by atoms with E-state index in [1.165, 1.54) is 18.5 Å². The number of aryl methyl sites for hydroxylation is 1. The molecule has 1 aromatic carbocycles. The molecule has 0 radical (unpaired) electrons. The van der Waals surface area contributed by atoms with Crippen molar-refractivity contribution in [3.8, 4) is 0 Å². The fourth-order valence-electron chi connectivity index (χ4n) is 3.84. The highest BCUT2D eigenvalue weighted by Crippen LogP contribution is 2.21. The van der Waals surface area contributed by atoms with Crippen molar-refractivity contribution in [2.75, 3.05) is 19.6 Å². The zero-order chi connectivity index (χ0) is 19.9. The van der Waals surface area contributed by atoms with Crippen LogP contribution >= 0.6 is 0 Å². The van der Waals surface area contributed by atoms with E-state index in [0.29, 0.717) is 24.9 Å². The average Bonchev–Trinajstić information content (AvgIpc) is 3.09. The summed E-state index contributed by atoms with van der Waals surface area (Å²) in [7, 11) is 0. The summed E-state index contributed by atoms with van der Waals surface area (Å²) in [6.07, 6.45) is 5.45. The number of carbonyl (C=O) groups excluding carboxylic acids is 1. The molecule has 1 unspecified atom stereocenters. The first-order valence-corrected chi connectivity index (χ1v) is 10.1. The Hall–Kier alpha value is -2.28. The number of benzene rings is 1. The largest absolute Gasteiger partial charge is 0.341 e. The zero-order valence-corrected chi connectivity index (χ0v) is 16.8.